The van der Waals surface area contributed by atoms with E-state index >= 15 is 0 Å². The van der Waals surface area contributed by atoms with E-state index in [1.54, 1.807) is 18.0 Å². The van der Waals surface area contributed by atoms with E-state index in [1.807, 2.05) is 32.3 Å². The lowest BCUT2D eigenvalue weighted by atomic mass is 10.3. The SMILES string of the molecule is CC/C=C\C(=N)N(C)/C=C/CCC(=O)NC. The average Bonchev–Trinajstić information content (AvgIpc) is 2.30. The van der Waals surface area contributed by atoms with Crippen molar-refractivity contribution in [1.82, 2.24) is 10.2 Å². The molecular formula is C12H21N3O. The molecule has 0 saturated carbocycles. The number of amides is 1. The van der Waals surface area contributed by atoms with Gasteiger partial charge in [-0.3, -0.25) is 10.2 Å². The minimum Gasteiger partial charge on any atom is -0.359 e. The number of nitrogens with zero attached hydrogens (tertiary/aromatic N) is 1. The van der Waals surface area contributed by atoms with Crippen molar-refractivity contribution in [2.45, 2.75) is 26.2 Å². The van der Waals surface area contributed by atoms with Crippen LogP contribution in [0.1, 0.15) is 26.2 Å². The van der Waals surface area contributed by atoms with Crippen LogP contribution >= 0.6 is 0 Å². The third-order valence-corrected chi connectivity index (χ3v) is 2.04. The van der Waals surface area contributed by atoms with Gasteiger partial charge in [0.25, 0.3) is 0 Å². The summed E-state index contributed by atoms with van der Waals surface area (Å²) in [6.45, 7) is 2.03. The largest absolute Gasteiger partial charge is 0.359 e. The Balaban J connectivity index is 3.90. The van der Waals surface area contributed by atoms with Crippen molar-refractivity contribution >= 4 is 11.7 Å². The number of rotatable bonds is 6. The highest BCUT2D eigenvalue weighted by Gasteiger charge is 1.96. The number of carbonyl (C=O) groups is 1. The molecule has 0 unspecified atom stereocenters. The number of likely N-dealkylation sites (N-methyl/N-ethyl adjacent to an activating group) is 1. The molecule has 0 spiro atoms. The molecule has 0 radical (unpaired) electrons. The Labute approximate surface area is 97.5 Å². The standard InChI is InChI=1S/C12H21N3O/c1-4-5-8-11(13)15(3)10-7-6-9-12(16)14-2/h5,7-8,10,13H,4,6,9H2,1-3H3,(H,14,16)/b8-5-,10-7+,13-11?. The monoisotopic (exact) mass is 223 g/mol. The number of carbonyl (C=O) groups excluding carboxylic acids is 1. The van der Waals surface area contributed by atoms with Crippen molar-refractivity contribution in [3.05, 3.63) is 24.4 Å². The van der Waals surface area contributed by atoms with Crippen molar-refractivity contribution in [2.24, 2.45) is 0 Å². The fourth-order valence-corrected chi connectivity index (χ4v) is 0.999. The van der Waals surface area contributed by atoms with Gasteiger partial charge in [-0.2, -0.15) is 0 Å². The number of hydrogen-bond donors (Lipinski definition) is 2. The van der Waals surface area contributed by atoms with E-state index in [0.29, 0.717) is 18.7 Å². The van der Waals surface area contributed by atoms with Gasteiger partial charge in [-0.25, -0.2) is 0 Å². The second kappa shape index (κ2) is 8.71. The predicted octanol–water partition coefficient (Wildman–Crippen LogP) is 1.90. The van der Waals surface area contributed by atoms with Crippen molar-refractivity contribution in [3.63, 3.8) is 0 Å². The quantitative estimate of drug-likeness (QED) is 0.534. The second-order valence-electron chi connectivity index (χ2n) is 3.40. The molecular weight excluding hydrogens is 202 g/mol. The second-order valence-corrected chi connectivity index (χ2v) is 3.40. The molecule has 0 atom stereocenters. The summed E-state index contributed by atoms with van der Waals surface area (Å²) in [5.74, 6) is 0.478. The van der Waals surface area contributed by atoms with Crippen LogP contribution < -0.4 is 5.32 Å². The van der Waals surface area contributed by atoms with E-state index < -0.39 is 0 Å². The summed E-state index contributed by atoms with van der Waals surface area (Å²) in [5, 5.41) is 10.2. The highest BCUT2D eigenvalue weighted by atomic mass is 16.1. The maximum absolute atomic E-state index is 10.9. The molecule has 0 bridgehead atoms. The predicted molar refractivity (Wildman–Crippen MR) is 67.4 cm³/mol. The zero-order valence-corrected chi connectivity index (χ0v) is 10.3. The lowest BCUT2D eigenvalue weighted by Gasteiger charge is -2.11. The van der Waals surface area contributed by atoms with Gasteiger partial charge in [-0.1, -0.05) is 19.1 Å². The Morgan fingerprint density at radius 3 is 2.69 bits per heavy atom. The summed E-state index contributed by atoms with van der Waals surface area (Å²) in [4.78, 5) is 12.6. The fourth-order valence-electron chi connectivity index (χ4n) is 0.999. The summed E-state index contributed by atoms with van der Waals surface area (Å²) in [6, 6.07) is 0. The van der Waals surface area contributed by atoms with Crippen LogP contribution in [0.5, 0.6) is 0 Å². The summed E-state index contributed by atoms with van der Waals surface area (Å²) in [6.07, 6.45) is 9.51. The van der Waals surface area contributed by atoms with Crippen LogP contribution in [0.4, 0.5) is 0 Å². The zero-order valence-electron chi connectivity index (χ0n) is 10.3. The molecule has 0 heterocycles. The molecule has 0 fully saturated rings. The van der Waals surface area contributed by atoms with Gasteiger partial charge in [0.05, 0.1) is 0 Å². The third-order valence-electron chi connectivity index (χ3n) is 2.04. The van der Waals surface area contributed by atoms with Crippen molar-refractivity contribution in [2.75, 3.05) is 14.1 Å². The molecule has 4 heteroatoms. The van der Waals surface area contributed by atoms with Crippen LogP contribution in [0.3, 0.4) is 0 Å². The Bertz CT molecular complexity index is 282. The van der Waals surface area contributed by atoms with Crippen molar-refractivity contribution < 1.29 is 4.79 Å². The van der Waals surface area contributed by atoms with Crippen LogP contribution in [-0.4, -0.2) is 30.7 Å². The van der Waals surface area contributed by atoms with Crippen molar-refractivity contribution in [1.29, 1.82) is 5.41 Å². The topological polar surface area (TPSA) is 56.2 Å². The molecule has 0 aliphatic heterocycles. The van der Waals surface area contributed by atoms with E-state index in [-0.39, 0.29) is 5.91 Å². The molecule has 0 aromatic rings. The zero-order chi connectivity index (χ0) is 12.4. The van der Waals surface area contributed by atoms with Gasteiger partial charge in [-0.15, -0.1) is 0 Å². The smallest absolute Gasteiger partial charge is 0.220 e. The summed E-state index contributed by atoms with van der Waals surface area (Å²) in [5.41, 5.74) is 0. The maximum Gasteiger partial charge on any atom is 0.220 e. The number of hydrogen-bond acceptors (Lipinski definition) is 2. The van der Waals surface area contributed by atoms with Gasteiger partial charge in [0.2, 0.25) is 5.91 Å². The molecule has 90 valence electrons. The summed E-state index contributed by atoms with van der Waals surface area (Å²) >= 11 is 0. The molecule has 0 aliphatic rings. The van der Waals surface area contributed by atoms with Crippen LogP contribution in [0.25, 0.3) is 0 Å². The highest BCUT2D eigenvalue weighted by molar-refractivity contribution is 5.90. The number of allylic oxidation sites excluding steroid dienone is 2. The molecule has 0 rings (SSSR count). The molecule has 16 heavy (non-hydrogen) atoms. The first kappa shape index (κ1) is 14.4. The van der Waals surface area contributed by atoms with Crippen LogP contribution in [-0.2, 0) is 4.79 Å². The van der Waals surface area contributed by atoms with Gasteiger partial charge in [0.15, 0.2) is 0 Å². The van der Waals surface area contributed by atoms with Gasteiger partial charge in [-0.05, 0) is 18.9 Å². The van der Waals surface area contributed by atoms with Crippen LogP contribution in [0.2, 0.25) is 0 Å². The molecule has 1 amide bonds. The Morgan fingerprint density at radius 2 is 2.12 bits per heavy atom. The fraction of sp³-hybridized carbons (Fsp3) is 0.500. The molecule has 0 saturated heterocycles. The normalized spacial score (nSPS) is 10.9. The van der Waals surface area contributed by atoms with E-state index in [4.69, 9.17) is 5.41 Å². The molecule has 2 N–H and O–H groups in total. The lowest BCUT2D eigenvalue weighted by molar-refractivity contribution is -0.120. The van der Waals surface area contributed by atoms with Gasteiger partial charge in [0, 0.05) is 26.7 Å². The molecule has 0 aliphatic carbocycles. The van der Waals surface area contributed by atoms with E-state index in [0.717, 1.165) is 6.42 Å². The first-order chi connectivity index (χ1) is 7.61. The molecule has 0 aromatic carbocycles. The lowest BCUT2D eigenvalue weighted by Crippen LogP contribution is -2.18. The number of amidine groups is 1. The first-order valence-corrected chi connectivity index (χ1v) is 5.47. The minimum atomic E-state index is 0.0354. The molecule has 4 nitrogen and oxygen atoms in total. The first-order valence-electron chi connectivity index (χ1n) is 5.47. The van der Waals surface area contributed by atoms with Crippen LogP contribution in [0, 0.1) is 5.41 Å². The highest BCUT2D eigenvalue weighted by Crippen LogP contribution is 1.95. The maximum atomic E-state index is 10.9. The molecule has 0 aromatic heterocycles. The van der Waals surface area contributed by atoms with E-state index in [2.05, 4.69) is 5.32 Å². The summed E-state index contributed by atoms with van der Waals surface area (Å²) in [7, 11) is 3.45. The van der Waals surface area contributed by atoms with Gasteiger partial charge < -0.3 is 10.2 Å². The average molecular weight is 223 g/mol. The Hall–Kier alpha value is -1.58. The Morgan fingerprint density at radius 1 is 1.44 bits per heavy atom. The number of nitrogens with one attached hydrogen (secondary N) is 2. The third kappa shape index (κ3) is 6.81. The van der Waals surface area contributed by atoms with Gasteiger partial charge in [0.1, 0.15) is 5.84 Å². The summed E-state index contributed by atoms with van der Waals surface area (Å²) < 4.78 is 0. The van der Waals surface area contributed by atoms with E-state index in [1.165, 1.54) is 0 Å². The minimum absolute atomic E-state index is 0.0354. The van der Waals surface area contributed by atoms with E-state index in [9.17, 15) is 4.79 Å². The van der Waals surface area contributed by atoms with Gasteiger partial charge >= 0.3 is 0 Å². The Kier molecular flexibility index (Phi) is 7.85. The van der Waals surface area contributed by atoms with Crippen LogP contribution in [0.15, 0.2) is 24.4 Å². The van der Waals surface area contributed by atoms with Crippen molar-refractivity contribution in [3.8, 4) is 0 Å².